The number of ketones is 1. The highest BCUT2D eigenvalue weighted by molar-refractivity contribution is 7.99. The predicted octanol–water partition coefficient (Wildman–Crippen LogP) is 2.73. The highest BCUT2D eigenvalue weighted by Crippen LogP contribution is 2.26. The Labute approximate surface area is 161 Å². The van der Waals surface area contributed by atoms with Crippen LogP contribution in [0.4, 0.5) is 5.69 Å². The molecule has 0 bridgehead atoms. The summed E-state index contributed by atoms with van der Waals surface area (Å²) in [6, 6.07) is 8.12. The highest BCUT2D eigenvalue weighted by atomic mass is 32.2. The lowest BCUT2D eigenvalue weighted by Crippen LogP contribution is -2.10. The molecule has 0 amide bonds. The topological polar surface area (TPSA) is 107 Å². The molecule has 0 aliphatic carbocycles. The molecule has 0 aliphatic rings. The lowest BCUT2D eigenvalue weighted by Gasteiger charge is -2.05. The number of carbonyl (C=O) groups is 1. The number of Topliss-reactive ketones (excluding diaryl/α,β-unsaturated/α-hetero) is 1. The van der Waals surface area contributed by atoms with Crippen LogP contribution in [-0.4, -0.2) is 41.0 Å². The maximum atomic E-state index is 12.4. The Bertz CT molecular complexity index is 1070. The zero-order valence-electron chi connectivity index (χ0n) is 15.0. The van der Waals surface area contributed by atoms with Crippen molar-refractivity contribution in [3.05, 3.63) is 47.9 Å². The first-order chi connectivity index (χ1) is 12.7. The number of furan rings is 1. The van der Waals surface area contributed by atoms with Crippen molar-refractivity contribution in [3.8, 4) is 11.4 Å². The Balaban J connectivity index is 1.66. The van der Waals surface area contributed by atoms with E-state index in [9.17, 15) is 13.2 Å². The van der Waals surface area contributed by atoms with Crippen LogP contribution in [0.3, 0.4) is 0 Å². The molecule has 0 aliphatic heterocycles. The molecule has 0 spiro atoms. The van der Waals surface area contributed by atoms with E-state index in [4.69, 9.17) is 4.42 Å². The maximum Gasteiger partial charge on any atom is 0.229 e. The smallest absolute Gasteiger partial charge is 0.229 e. The number of hydrogen-bond donors (Lipinski definition) is 1. The summed E-state index contributed by atoms with van der Waals surface area (Å²) in [4.78, 5) is 12.4. The molecular weight excluding hydrogens is 388 g/mol. The number of hydrogen-bond acceptors (Lipinski definition) is 7. The third-order valence-electron chi connectivity index (χ3n) is 3.78. The molecule has 0 fully saturated rings. The molecule has 8 nitrogen and oxygen atoms in total. The molecule has 0 radical (unpaired) electrons. The lowest BCUT2D eigenvalue weighted by molar-refractivity contribution is 0.102. The molecule has 3 aromatic rings. The van der Waals surface area contributed by atoms with Crippen LogP contribution in [0.1, 0.15) is 16.1 Å². The summed E-state index contributed by atoms with van der Waals surface area (Å²) < 4.78 is 31.9. The summed E-state index contributed by atoms with van der Waals surface area (Å²) in [5.41, 5.74) is 1.77. The first kappa shape index (κ1) is 19.2. The zero-order valence-corrected chi connectivity index (χ0v) is 16.6. The van der Waals surface area contributed by atoms with E-state index in [-0.39, 0.29) is 11.5 Å². The van der Waals surface area contributed by atoms with Gasteiger partial charge in [0.1, 0.15) is 5.76 Å². The van der Waals surface area contributed by atoms with E-state index < -0.39 is 10.0 Å². The number of nitrogens with one attached hydrogen (secondary N) is 1. The van der Waals surface area contributed by atoms with E-state index in [1.807, 2.05) is 24.6 Å². The quantitative estimate of drug-likeness (QED) is 0.475. The van der Waals surface area contributed by atoms with Gasteiger partial charge in [0.05, 0.1) is 23.8 Å². The van der Waals surface area contributed by atoms with E-state index in [1.165, 1.54) is 11.8 Å². The van der Waals surface area contributed by atoms with Crippen LogP contribution in [0.25, 0.3) is 11.4 Å². The number of carbonyl (C=O) groups excluding carboxylic acids is 1. The van der Waals surface area contributed by atoms with E-state index in [0.717, 1.165) is 17.6 Å². The summed E-state index contributed by atoms with van der Waals surface area (Å²) in [6.45, 7) is 1.85. The van der Waals surface area contributed by atoms with E-state index in [1.54, 1.807) is 30.5 Å². The monoisotopic (exact) mass is 406 g/mol. The van der Waals surface area contributed by atoms with E-state index >= 15 is 0 Å². The summed E-state index contributed by atoms with van der Waals surface area (Å²) in [7, 11) is -1.51. The van der Waals surface area contributed by atoms with Crippen molar-refractivity contribution in [1.82, 2.24) is 14.8 Å². The molecule has 2 aromatic heterocycles. The number of aryl methyl sites for hydroxylation is 1. The summed E-state index contributed by atoms with van der Waals surface area (Å²) in [5, 5.41) is 8.93. The molecule has 0 saturated carbocycles. The Morgan fingerprint density at radius 2 is 1.93 bits per heavy atom. The average Bonchev–Trinajstić information content (AvgIpc) is 3.17. The standard InChI is InChI=1S/C17H18N4O4S2/c1-11-14(8-9-25-11)16-18-19-17(21(16)2)26-10-15(22)12-4-6-13(7-5-12)20-27(3,23)24/h4-9,20H,10H2,1-3H3. The molecule has 0 unspecified atom stereocenters. The number of thioether (sulfide) groups is 1. The zero-order chi connectivity index (χ0) is 19.6. The minimum Gasteiger partial charge on any atom is -0.469 e. The van der Waals surface area contributed by atoms with Gasteiger partial charge in [-0.2, -0.15) is 0 Å². The van der Waals surface area contributed by atoms with Crippen molar-refractivity contribution in [3.63, 3.8) is 0 Å². The Morgan fingerprint density at radius 1 is 1.22 bits per heavy atom. The maximum absolute atomic E-state index is 12.4. The van der Waals surface area contributed by atoms with Crippen LogP contribution >= 0.6 is 11.8 Å². The molecule has 3 rings (SSSR count). The third-order valence-corrected chi connectivity index (χ3v) is 5.40. The molecule has 142 valence electrons. The molecular formula is C17H18N4O4S2. The van der Waals surface area contributed by atoms with Crippen molar-refractivity contribution < 1.29 is 17.6 Å². The number of rotatable bonds is 7. The largest absolute Gasteiger partial charge is 0.469 e. The Kier molecular flexibility index (Phi) is 5.38. The molecule has 10 heteroatoms. The number of nitrogens with zero attached hydrogens (tertiary/aromatic N) is 3. The van der Waals surface area contributed by atoms with Crippen molar-refractivity contribution in [1.29, 1.82) is 0 Å². The molecule has 0 saturated heterocycles. The Hall–Kier alpha value is -2.59. The van der Waals surface area contributed by atoms with Crippen molar-refractivity contribution in [2.75, 3.05) is 16.7 Å². The van der Waals surface area contributed by atoms with Gasteiger partial charge in [0.25, 0.3) is 0 Å². The molecule has 1 N–H and O–H groups in total. The van der Waals surface area contributed by atoms with Crippen LogP contribution < -0.4 is 4.72 Å². The molecule has 27 heavy (non-hydrogen) atoms. The Morgan fingerprint density at radius 3 is 2.52 bits per heavy atom. The minimum atomic E-state index is -3.34. The highest BCUT2D eigenvalue weighted by Gasteiger charge is 2.16. The van der Waals surface area contributed by atoms with Gasteiger partial charge in [0.15, 0.2) is 16.8 Å². The van der Waals surface area contributed by atoms with Gasteiger partial charge in [-0.15, -0.1) is 10.2 Å². The fraction of sp³-hybridized carbons (Fsp3) is 0.235. The van der Waals surface area contributed by atoms with Crippen LogP contribution in [-0.2, 0) is 17.1 Å². The minimum absolute atomic E-state index is 0.0880. The normalized spacial score (nSPS) is 11.5. The number of anilines is 1. The number of sulfonamides is 1. The van der Waals surface area contributed by atoms with Gasteiger partial charge in [-0.1, -0.05) is 11.8 Å². The van der Waals surface area contributed by atoms with Crippen LogP contribution in [0, 0.1) is 6.92 Å². The third kappa shape index (κ3) is 4.58. The SMILES string of the molecule is Cc1occc1-c1nnc(SCC(=O)c2ccc(NS(C)(=O)=O)cc2)n1C. The fourth-order valence-electron chi connectivity index (χ4n) is 2.44. The molecule has 2 heterocycles. The number of aromatic nitrogens is 3. The predicted molar refractivity (Wildman–Crippen MR) is 103 cm³/mol. The molecule has 1 aromatic carbocycles. The van der Waals surface area contributed by atoms with Crippen LogP contribution in [0.2, 0.25) is 0 Å². The summed E-state index contributed by atoms with van der Waals surface area (Å²) in [6.07, 6.45) is 2.67. The lowest BCUT2D eigenvalue weighted by atomic mass is 10.1. The van der Waals surface area contributed by atoms with Gasteiger partial charge in [-0.25, -0.2) is 8.42 Å². The average molecular weight is 406 g/mol. The van der Waals surface area contributed by atoms with E-state index in [2.05, 4.69) is 14.9 Å². The first-order valence-electron chi connectivity index (χ1n) is 7.92. The number of benzene rings is 1. The van der Waals surface area contributed by atoms with Crippen molar-refractivity contribution >= 4 is 33.3 Å². The van der Waals surface area contributed by atoms with Gasteiger partial charge < -0.3 is 8.98 Å². The second kappa shape index (κ2) is 7.57. The van der Waals surface area contributed by atoms with Crippen molar-refractivity contribution in [2.45, 2.75) is 12.1 Å². The van der Waals surface area contributed by atoms with Gasteiger partial charge in [0, 0.05) is 18.3 Å². The van der Waals surface area contributed by atoms with Gasteiger partial charge in [0.2, 0.25) is 10.0 Å². The summed E-state index contributed by atoms with van der Waals surface area (Å²) in [5.74, 6) is 1.53. The second-order valence-corrected chi connectivity index (χ2v) is 8.61. The van der Waals surface area contributed by atoms with Crippen LogP contribution in [0.15, 0.2) is 46.2 Å². The van der Waals surface area contributed by atoms with Crippen molar-refractivity contribution in [2.24, 2.45) is 7.05 Å². The van der Waals surface area contributed by atoms with Gasteiger partial charge in [-0.3, -0.25) is 9.52 Å². The fourth-order valence-corrected chi connectivity index (χ4v) is 3.81. The molecule has 0 atom stereocenters. The first-order valence-corrected chi connectivity index (χ1v) is 10.8. The van der Waals surface area contributed by atoms with Crippen LogP contribution in [0.5, 0.6) is 0 Å². The van der Waals surface area contributed by atoms with Gasteiger partial charge >= 0.3 is 0 Å². The van der Waals surface area contributed by atoms with E-state index in [0.29, 0.717) is 22.2 Å². The summed E-state index contributed by atoms with van der Waals surface area (Å²) >= 11 is 1.29. The second-order valence-electron chi connectivity index (χ2n) is 5.92. The van der Waals surface area contributed by atoms with Gasteiger partial charge in [-0.05, 0) is 37.3 Å².